The zero-order chi connectivity index (χ0) is 28.5. The van der Waals surface area contributed by atoms with E-state index in [-0.39, 0.29) is 29.7 Å². The van der Waals surface area contributed by atoms with Crippen molar-refractivity contribution in [1.29, 1.82) is 0 Å². The monoisotopic (exact) mass is 553 g/mol. The minimum atomic E-state index is -2.62. The third-order valence-corrected chi connectivity index (χ3v) is 9.08. The Morgan fingerprint density at radius 3 is 2.41 bits per heavy atom. The first kappa shape index (κ1) is 26.9. The molecule has 4 atom stereocenters. The van der Waals surface area contributed by atoms with Gasteiger partial charge in [-0.15, -0.1) is 11.3 Å². The predicted octanol–water partition coefficient (Wildman–Crippen LogP) is 2.02. The number of phenols is 1. The Balaban J connectivity index is 1.77. The van der Waals surface area contributed by atoms with Gasteiger partial charge in [0.05, 0.1) is 11.6 Å². The van der Waals surface area contributed by atoms with Gasteiger partial charge in [-0.05, 0) is 55.9 Å². The lowest BCUT2D eigenvalue weighted by molar-refractivity contribution is -0.153. The van der Waals surface area contributed by atoms with E-state index in [1.807, 2.05) is 42.6 Å². The molecule has 0 aliphatic heterocycles. The van der Waals surface area contributed by atoms with Crippen molar-refractivity contribution in [2.45, 2.75) is 24.5 Å². The lowest BCUT2D eigenvalue weighted by Gasteiger charge is -2.50. The number of rotatable bonds is 4. The molecule has 3 aliphatic rings. The highest BCUT2D eigenvalue weighted by Gasteiger charge is 2.64. The Hall–Kier alpha value is -3.67. The molecule has 1 saturated carbocycles. The summed E-state index contributed by atoms with van der Waals surface area (Å²) in [4.78, 5) is 44.3. The number of aliphatic hydroxyl groups excluding tert-OH is 2. The van der Waals surface area contributed by atoms with Crippen LogP contribution in [0.15, 0.2) is 40.5 Å². The zero-order valence-corrected chi connectivity index (χ0v) is 23.1. The average molecular weight is 554 g/mol. The fraction of sp³-hybridized carbons (Fsp3) is 0.393. The van der Waals surface area contributed by atoms with Crippen LogP contribution in [0.1, 0.15) is 17.5 Å². The van der Waals surface area contributed by atoms with Crippen molar-refractivity contribution in [3.05, 3.63) is 51.6 Å². The fourth-order valence-corrected chi connectivity index (χ4v) is 7.16. The van der Waals surface area contributed by atoms with Crippen molar-refractivity contribution in [1.82, 2.24) is 10.2 Å². The Kier molecular flexibility index (Phi) is 6.36. The van der Waals surface area contributed by atoms with Gasteiger partial charge in [0.25, 0.3) is 5.91 Å². The number of aliphatic hydroxyl groups is 3. The van der Waals surface area contributed by atoms with Crippen molar-refractivity contribution in [3.63, 3.8) is 0 Å². The molecule has 206 valence electrons. The van der Waals surface area contributed by atoms with Crippen molar-refractivity contribution in [2.75, 3.05) is 40.1 Å². The summed E-state index contributed by atoms with van der Waals surface area (Å²) in [5, 5.41) is 50.1. The first-order valence-corrected chi connectivity index (χ1v) is 13.4. The number of fused-ring (bicyclic) bond motifs is 3. The first-order valence-electron chi connectivity index (χ1n) is 12.5. The number of phenolic OH excluding ortho intramolecular Hbond substituents is 1. The van der Waals surface area contributed by atoms with Gasteiger partial charge in [-0.2, -0.15) is 0 Å². The molecule has 1 aromatic heterocycles. The van der Waals surface area contributed by atoms with Gasteiger partial charge in [0.2, 0.25) is 5.78 Å². The molecule has 5 N–H and O–H groups in total. The van der Waals surface area contributed by atoms with Crippen LogP contribution in [-0.2, 0) is 20.8 Å². The van der Waals surface area contributed by atoms with E-state index in [2.05, 4.69) is 5.32 Å². The third kappa shape index (κ3) is 3.64. The van der Waals surface area contributed by atoms with Crippen molar-refractivity contribution >= 4 is 40.3 Å². The third-order valence-electron chi connectivity index (χ3n) is 8.17. The maximum atomic E-state index is 14.1. The molecule has 0 saturated heterocycles. The Morgan fingerprint density at radius 2 is 1.85 bits per heavy atom. The van der Waals surface area contributed by atoms with Gasteiger partial charge in [-0.1, -0.05) is 6.07 Å². The molecule has 5 rings (SSSR count). The molecule has 1 aromatic carbocycles. The molecule has 0 bridgehead atoms. The van der Waals surface area contributed by atoms with Gasteiger partial charge in [0.15, 0.2) is 11.4 Å². The molecule has 0 spiro atoms. The molecule has 11 heteroatoms. The molecule has 1 fully saturated rings. The maximum Gasteiger partial charge on any atom is 0.258 e. The number of thiophene rings is 1. The summed E-state index contributed by atoms with van der Waals surface area (Å²) in [6.07, 6.45) is 0.320. The van der Waals surface area contributed by atoms with Crippen LogP contribution in [0.2, 0.25) is 0 Å². The predicted molar refractivity (Wildman–Crippen MR) is 147 cm³/mol. The number of anilines is 1. The van der Waals surface area contributed by atoms with Gasteiger partial charge in [0.1, 0.15) is 22.8 Å². The Bertz CT molecular complexity index is 1470. The van der Waals surface area contributed by atoms with E-state index in [0.29, 0.717) is 11.1 Å². The Morgan fingerprint density at radius 1 is 1.15 bits per heavy atom. The number of likely N-dealkylation sites (N-methyl/N-ethyl adjacent to an activating group) is 2. The molecule has 1 amide bonds. The number of Topliss-reactive ketones (excluding diaryl/α,β-unsaturated/α-hetero) is 2. The molecule has 3 aliphatic carbocycles. The number of nitrogens with zero attached hydrogens (tertiary/aromatic N) is 2. The van der Waals surface area contributed by atoms with Crippen LogP contribution in [0, 0.1) is 11.8 Å². The summed E-state index contributed by atoms with van der Waals surface area (Å²) in [5.41, 5.74) is -1.48. The topological polar surface area (TPSA) is 151 Å². The van der Waals surface area contributed by atoms with E-state index < -0.39 is 58.0 Å². The molecule has 0 radical (unpaired) electrons. The molecule has 10 nitrogen and oxygen atoms in total. The summed E-state index contributed by atoms with van der Waals surface area (Å²) in [6.45, 7) is 0. The van der Waals surface area contributed by atoms with Crippen molar-refractivity contribution in [3.8, 4) is 16.2 Å². The fourth-order valence-electron chi connectivity index (χ4n) is 6.42. The maximum absolute atomic E-state index is 14.1. The van der Waals surface area contributed by atoms with Crippen molar-refractivity contribution < 1.29 is 34.8 Å². The lowest BCUT2D eigenvalue weighted by atomic mass is 9.57. The summed E-state index contributed by atoms with van der Waals surface area (Å²) in [6, 6.07) is 4.45. The van der Waals surface area contributed by atoms with Crippen LogP contribution in [0.4, 0.5) is 5.69 Å². The normalized spacial score (nSPS) is 26.4. The van der Waals surface area contributed by atoms with Crippen LogP contribution >= 0.6 is 11.3 Å². The molecular formula is C28H31N3O7S. The Labute approximate surface area is 229 Å². The number of carbonyl (C=O) groups is 3. The molecular weight excluding hydrogens is 522 g/mol. The van der Waals surface area contributed by atoms with Crippen LogP contribution in [0.25, 0.3) is 16.2 Å². The average Bonchev–Trinajstić information content (AvgIpc) is 3.40. The highest BCUT2D eigenvalue weighted by atomic mass is 32.1. The largest absolute Gasteiger partial charge is 0.508 e. The van der Waals surface area contributed by atoms with E-state index >= 15 is 0 Å². The van der Waals surface area contributed by atoms with Crippen LogP contribution < -0.4 is 10.2 Å². The van der Waals surface area contributed by atoms with Gasteiger partial charge in [-0.25, -0.2) is 0 Å². The minimum absolute atomic E-state index is 0.0705. The summed E-state index contributed by atoms with van der Waals surface area (Å²) < 4.78 is 0. The van der Waals surface area contributed by atoms with Gasteiger partial charge < -0.3 is 30.6 Å². The number of nitrogens with one attached hydrogen (secondary N) is 1. The van der Waals surface area contributed by atoms with Crippen LogP contribution in [0.3, 0.4) is 0 Å². The first-order chi connectivity index (χ1) is 18.4. The zero-order valence-electron chi connectivity index (χ0n) is 22.3. The number of ketones is 2. The van der Waals surface area contributed by atoms with E-state index in [0.717, 1.165) is 10.6 Å². The standard InChI is InChI=1S/C28H31N3O7S/c1-29-27(37)20-24(34)21(31(4)5)15-10-12-9-13-16(30(2)3)11-14(17-7-6-8-39-17)22(32)19(13)23(33)18(12)25(35)28(15,38)26(20)36/h6-8,11-12,15,21,32-33,36,38H,9-10H2,1-5H3,(H,29,37)/t12-,15-,21-,28-/m0/s1. The second kappa shape index (κ2) is 9.22. The van der Waals surface area contributed by atoms with E-state index in [4.69, 9.17) is 0 Å². The smallest absolute Gasteiger partial charge is 0.258 e. The number of hydrogen-bond donors (Lipinski definition) is 5. The van der Waals surface area contributed by atoms with E-state index in [9.17, 15) is 34.8 Å². The van der Waals surface area contributed by atoms with E-state index in [1.54, 1.807) is 14.1 Å². The second-order valence-electron chi connectivity index (χ2n) is 10.7. The van der Waals surface area contributed by atoms with Crippen LogP contribution in [-0.4, -0.2) is 89.7 Å². The molecule has 0 unspecified atom stereocenters. The van der Waals surface area contributed by atoms with Crippen LogP contribution in [0.5, 0.6) is 5.75 Å². The van der Waals surface area contributed by atoms with Gasteiger partial charge in [0, 0.05) is 48.8 Å². The summed E-state index contributed by atoms with van der Waals surface area (Å²) in [7, 11) is 8.17. The minimum Gasteiger partial charge on any atom is -0.508 e. The van der Waals surface area contributed by atoms with Gasteiger partial charge >= 0.3 is 0 Å². The molecule has 1 heterocycles. The molecule has 39 heavy (non-hydrogen) atoms. The number of hydrogen-bond acceptors (Lipinski definition) is 10. The van der Waals surface area contributed by atoms with Crippen molar-refractivity contribution in [2.24, 2.45) is 11.8 Å². The van der Waals surface area contributed by atoms with E-state index in [1.165, 1.54) is 23.3 Å². The number of aromatic hydroxyl groups is 1. The number of carbonyl (C=O) groups excluding carboxylic acids is 3. The number of benzene rings is 1. The summed E-state index contributed by atoms with van der Waals surface area (Å²) >= 11 is 1.41. The SMILES string of the molecule is CNC(=O)C1=C(O)[C@@]2(O)C(=O)C3=C(O)c4c(O)c(-c5cccs5)cc(N(C)C)c4C[C@H]3C[C@H]2[C@H](N(C)C)C1=O. The van der Waals surface area contributed by atoms with Gasteiger partial charge in [-0.3, -0.25) is 19.3 Å². The quantitative estimate of drug-likeness (QED) is 0.358. The highest BCUT2D eigenvalue weighted by Crippen LogP contribution is 2.55. The lowest BCUT2D eigenvalue weighted by Crippen LogP contribution is -2.65. The second-order valence-corrected chi connectivity index (χ2v) is 11.6. The molecule has 2 aromatic rings. The highest BCUT2D eigenvalue weighted by molar-refractivity contribution is 7.13. The number of amides is 1. The summed E-state index contributed by atoms with van der Waals surface area (Å²) in [5.74, 6) is -5.99.